The Morgan fingerprint density at radius 3 is 0.681 bits per heavy atom. The number of aliphatic hydroxyl groups is 1. The number of carbonyl (C=O) groups excluding carboxylic acids is 4. The first-order chi connectivity index (χ1) is 43.6. The average molecular weight is 1340 g/mol. The fourth-order valence-corrected chi connectivity index (χ4v) is 12.4. The highest BCUT2D eigenvalue weighted by atomic mass is 31.2. The van der Waals surface area contributed by atoms with E-state index in [1.54, 1.807) is 0 Å². The van der Waals surface area contributed by atoms with Crippen LogP contribution >= 0.6 is 15.6 Å². The molecule has 540 valence electrons. The van der Waals surface area contributed by atoms with Crippen LogP contribution in [-0.2, 0) is 65.4 Å². The lowest BCUT2D eigenvalue weighted by Crippen LogP contribution is -2.30. The predicted octanol–water partition coefficient (Wildman–Crippen LogP) is 20.5. The quantitative estimate of drug-likeness (QED) is 0.0222. The number of ether oxygens (including phenoxy) is 4. The van der Waals surface area contributed by atoms with Crippen LogP contribution in [0.2, 0.25) is 0 Å². The number of phosphoric ester groups is 2. The maximum Gasteiger partial charge on any atom is 0.472 e. The molecule has 0 aliphatic rings. The van der Waals surface area contributed by atoms with Crippen molar-refractivity contribution >= 4 is 39.5 Å². The minimum absolute atomic E-state index is 0.105. The van der Waals surface area contributed by atoms with E-state index in [9.17, 15) is 43.2 Å². The Bertz CT molecular complexity index is 1800. The molecule has 5 atom stereocenters. The minimum atomic E-state index is -4.95. The third kappa shape index (κ3) is 66.5. The molecule has 91 heavy (non-hydrogen) atoms. The first kappa shape index (κ1) is 89.1. The molecule has 0 aromatic heterocycles. The van der Waals surface area contributed by atoms with Gasteiger partial charge in [0.05, 0.1) is 26.4 Å². The van der Waals surface area contributed by atoms with Crippen molar-refractivity contribution in [3.8, 4) is 0 Å². The number of hydrogen-bond acceptors (Lipinski definition) is 15. The van der Waals surface area contributed by atoms with Gasteiger partial charge in [-0.25, -0.2) is 9.13 Å². The van der Waals surface area contributed by atoms with Crippen LogP contribution in [0.25, 0.3) is 0 Å². The van der Waals surface area contributed by atoms with E-state index in [4.69, 9.17) is 37.0 Å². The second-order valence-electron chi connectivity index (χ2n) is 27.9. The molecule has 0 fully saturated rings. The zero-order valence-corrected chi connectivity index (χ0v) is 61.3. The summed E-state index contributed by atoms with van der Waals surface area (Å²) in [6, 6.07) is 0. The van der Waals surface area contributed by atoms with Crippen LogP contribution < -0.4 is 0 Å². The Hall–Kier alpha value is -1.94. The van der Waals surface area contributed by atoms with Gasteiger partial charge in [0.2, 0.25) is 0 Å². The fraction of sp³-hybridized carbons (Fsp3) is 0.944. The SMILES string of the molecule is CC(C)CCCCCCCCCCCCCCCC(=O)O[C@H](COC(=O)CCCCCCCCCCCC(C)C)COP(=O)(O)OCC(O)COP(=O)(O)OC[C@@H](COC(=O)CCCCCCCCCC(C)C)OC(=O)CCCCCCCCCCCCC(C)C. The van der Waals surface area contributed by atoms with E-state index in [2.05, 4.69) is 55.4 Å². The van der Waals surface area contributed by atoms with Gasteiger partial charge in [0.1, 0.15) is 19.3 Å². The van der Waals surface area contributed by atoms with Crippen LogP contribution in [0.1, 0.15) is 357 Å². The van der Waals surface area contributed by atoms with E-state index in [0.29, 0.717) is 31.6 Å². The molecule has 0 aromatic carbocycles. The smallest absolute Gasteiger partial charge is 0.462 e. The highest BCUT2D eigenvalue weighted by Gasteiger charge is 2.30. The van der Waals surface area contributed by atoms with Gasteiger partial charge >= 0.3 is 39.5 Å². The third-order valence-corrected chi connectivity index (χ3v) is 18.5. The average Bonchev–Trinajstić information content (AvgIpc) is 3.41. The lowest BCUT2D eigenvalue weighted by Gasteiger charge is -2.21. The van der Waals surface area contributed by atoms with Crippen molar-refractivity contribution in [3.63, 3.8) is 0 Å². The second kappa shape index (κ2) is 61.6. The first-order valence-electron chi connectivity index (χ1n) is 37.2. The summed E-state index contributed by atoms with van der Waals surface area (Å²) in [4.78, 5) is 72.6. The van der Waals surface area contributed by atoms with Crippen molar-refractivity contribution < 1.29 is 80.2 Å². The van der Waals surface area contributed by atoms with Crippen molar-refractivity contribution in [2.75, 3.05) is 39.6 Å². The summed E-state index contributed by atoms with van der Waals surface area (Å²) < 4.78 is 68.4. The van der Waals surface area contributed by atoms with E-state index in [0.717, 1.165) is 114 Å². The second-order valence-corrected chi connectivity index (χ2v) is 30.8. The molecule has 0 radical (unpaired) electrons. The maximum absolute atomic E-state index is 13.0. The number of rotatable bonds is 69. The Labute approximate surface area is 556 Å². The molecule has 0 spiro atoms. The summed E-state index contributed by atoms with van der Waals surface area (Å²) in [7, 11) is -9.91. The topological polar surface area (TPSA) is 237 Å². The molecule has 0 aromatic rings. The van der Waals surface area contributed by atoms with E-state index >= 15 is 0 Å². The zero-order chi connectivity index (χ0) is 67.5. The van der Waals surface area contributed by atoms with Gasteiger partial charge in [-0.1, -0.05) is 306 Å². The van der Waals surface area contributed by atoms with E-state index < -0.39 is 97.5 Å². The normalized spacial score (nSPS) is 14.2. The summed E-state index contributed by atoms with van der Waals surface area (Å²) in [5.41, 5.74) is 0. The first-order valence-corrected chi connectivity index (χ1v) is 40.2. The minimum Gasteiger partial charge on any atom is -0.462 e. The standard InChI is InChI=1S/C72H140O17P2/c1-62(2)48-40-32-24-17-12-10-9-11-13-20-29-38-46-54-71(76)88-67(58-82-69(74)52-44-36-28-22-16-19-26-34-42-50-64(5)6)60-86-90(78,79)84-56-66(73)57-85-91(80,81)87-61-68(59-83-70(75)53-45-37-31-23-27-35-43-51-65(7)8)89-72(77)55-47-39-30-21-15-14-18-25-33-41-49-63(3)4/h62-68,73H,9-61H2,1-8H3,(H,78,79)(H,80,81)/t66?,67-,68-/m1/s1. The molecule has 0 rings (SSSR count). The molecule has 17 nitrogen and oxygen atoms in total. The summed E-state index contributed by atoms with van der Waals surface area (Å²) in [6.45, 7) is 14.1. The lowest BCUT2D eigenvalue weighted by molar-refractivity contribution is -0.161. The maximum atomic E-state index is 13.0. The molecule has 0 aliphatic heterocycles. The summed E-state index contributed by atoms with van der Waals surface area (Å²) in [5.74, 6) is 0.860. The fourth-order valence-electron chi connectivity index (χ4n) is 10.8. The number of hydrogen-bond donors (Lipinski definition) is 3. The Kier molecular flexibility index (Phi) is 60.3. The van der Waals surface area contributed by atoms with E-state index in [1.807, 2.05) is 0 Å². The molecular formula is C72H140O17P2. The molecular weight excluding hydrogens is 1200 g/mol. The Morgan fingerprint density at radius 2 is 0.462 bits per heavy atom. The zero-order valence-electron chi connectivity index (χ0n) is 59.5. The summed E-state index contributed by atoms with van der Waals surface area (Å²) in [5, 5.41) is 10.6. The van der Waals surface area contributed by atoms with Gasteiger partial charge < -0.3 is 33.8 Å². The highest BCUT2D eigenvalue weighted by molar-refractivity contribution is 7.47. The van der Waals surface area contributed by atoms with Crippen LogP contribution in [0.5, 0.6) is 0 Å². The lowest BCUT2D eigenvalue weighted by atomic mass is 10.0. The predicted molar refractivity (Wildman–Crippen MR) is 367 cm³/mol. The monoisotopic (exact) mass is 1340 g/mol. The van der Waals surface area contributed by atoms with Crippen LogP contribution in [0, 0.1) is 23.7 Å². The van der Waals surface area contributed by atoms with Gasteiger partial charge in [-0.2, -0.15) is 0 Å². The number of esters is 4. The Balaban J connectivity index is 5.26. The molecule has 19 heteroatoms. The number of aliphatic hydroxyl groups excluding tert-OH is 1. The third-order valence-electron chi connectivity index (χ3n) is 16.6. The van der Waals surface area contributed by atoms with E-state index in [1.165, 1.54) is 154 Å². The van der Waals surface area contributed by atoms with Crippen molar-refractivity contribution in [2.45, 2.75) is 375 Å². The highest BCUT2D eigenvalue weighted by Crippen LogP contribution is 2.45. The molecule has 0 saturated heterocycles. The molecule has 0 heterocycles. The number of unbranched alkanes of at least 4 members (excludes halogenated alkanes) is 35. The molecule has 0 saturated carbocycles. The number of phosphoric acid groups is 2. The van der Waals surface area contributed by atoms with Crippen LogP contribution in [0.4, 0.5) is 0 Å². The van der Waals surface area contributed by atoms with Gasteiger partial charge in [-0.05, 0) is 49.4 Å². The molecule has 0 amide bonds. The van der Waals surface area contributed by atoms with Gasteiger partial charge in [0, 0.05) is 25.7 Å². The summed E-state index contributed by atoms with van der Waals surface area (Å²) >= 11 is 0. The van der Waals surface area contributed by atoms with Crippen LogP contribution in [0.15, 0.2) is 0 Å². The van der Waals surface area contributed by atoms with Gasteiger partial charge in [-0.15, -0.1) is 0 Å². The van der Waals surface area contributed by atoms with Gasteiger partial charge in [-0.3, -0.25) is 37.3 Å². The van der Waals surface area contributed by atoms with Crippen LogP contribution in [0.3, 0.4) is 0 Å². The number of carbonyl (C=O) groups is 4. The Morgan fingerprint density at radius 1 is 0.275 bits per heavy atom. The van der Waals surface area contributed by atoms with Crippen molar-refractivity contribution in [3.05, 3.63) is 0 Å². The van der Waals surface area contributed by atoms with Crippen molar-refractivity contribution in [1.82, 2.24) is 0 Å². The van der Waals surface area contributed by atoms with Crippen molar-refractivity contribution in [2.24, 2.45) is 23.7 Å². The molecule has 3 N–H and O–H groups in total. The van der Waals surface area contributed by atoms with Crippen molar-refractivity contribution in [1.29, 1.82) is 0 Å². The van der Waals surface area contributed by atoms with Crippen LogP contribution in [-0.4, -0.2) is 96.7 Å². The summed E-state index contributed by atoms with van der Waals surface area (Å²) in [6.07, 6.45) is 44.5. The van der Waals surface area contributed by atoms with E-state index in [-0.39, 0.29) is 25.7 Å². The molecule has 0 bridgehead atoms. The molecule has 3 unspecified atom stereocenters. The largest absolute Gasteiger partial charge is 0.472 e. The van der Waals surface area contributed by atoms with Gasteiger partial charge in [0.15, 0.2) is 12.2 Å². The van der Waals surface area contributed by atoms with Gasteiger partial charge in [0.25, 0.3) is 0 Å². The molecule has 0 aliphatic carbocycles.